The Morgan fingerprint density at radius 2 is 1.84 bits per heavy atom. The second-order valence-electron chi connectivity index (χ2n) is 12.9. The summed E-state index contributed by atoms with van der Waals surface area (Å²) in [7, 11) is 1.65. The van der Waals surface area contributed by atoms with E-state index in [9.17, 15) is 10.0 Å². The van der Waals surface area contributed by atoms with Crippen LogP contribution in [0.3, 0.4) is 0 Å². The van der Waals surface area contributed by atoms with Gasteiger partial charge in [-0.25, -0.2) is 0 Å². The number of fused-ring (bicyclic) bond motifs is 5. The van der Waals surface area contributed by atoms with Gasteiger partial charge in [0.2, 0.25) is 0 Å². The van der Waals surface area contributed by atoms with Crippen molar-refractivity contribution < 1.29 is 24.2 Å². The van der Waals surface area contributed by atoms with Crippen molar-refractivity contribution in [1.82, 2.24) is 0 Å². The predicted molar refractivity (Wildman–Crippen MR) is 138 cm³/mol. The van der Waals surface area contributed by atoms with Crippen LogP contribution in [0.15, 0.2) is 41.3 Å². The van der Waals surface area contributed by atoms with Crippen LogP contribution in [0, 0.1) is 39.4 Å². The van der Waals surface area contributed by atoms with Gasteiger partial charge >= 0.3 is 0 Å². The third-order valence-electron chi connectivity index (χ3n) is 11.4. The first kappa shape index (κ1) is 25.3. The van der Waals surface area contributed by atoms with Crippen LogP contribution in [0.2, 0.25) is 0 Å². The van der Waals surface area contributed by atoms with E-state index < -0.39 is 11.4 Å². The molecule has 4 fully saturated rings. The number of ether oxygens (including phenoxy) is 3. The second kappa shape index (κ2) is 8.78. The first-order chi connectivity index (χ1) is 17.7. The summed E-state index contributed by atoms with van der Waals surface area (Å²) in [6, 6.07) is 7.78. The van der Waals surface area contributed by atoms with Gasteiger partial charge in [-0.3, -0.25) is 0 Å². The van der Waals surface area contributed by atoms with E-state index in [1.807, 2.05) is 31.2 Å². The quantitative estimate of drug-likeness (QED) is 0.301. The molecule has 0 aromatic heterocycles. The second-order valence-corrected chi connectivity index (χ2v) is 12.9. The van der Waals surface area contributed by atoms with Gasteiger partial charge in [0.05, 0.1) is 25.9 Å². The van der Waals surface area contributed by atoms with Gasteiger partial charge in [-0.1, -0.05) is 37.6 Å². The smallest absolute Gasteiger partial charge is 0.172 e. The van der Waals surface area contributed by atoms with Crippen molar-refractivity contribution in [2.75, 3.05) is 20.3 Å². The maximum absolute atomic E-state index is 12.0. The Labute approximate surface area is 219 Å². The van der Waals surface area contributed by atoms with Gasteiger partial charge in [-0.2, -0.15) is 0 Å². The summed E-state index contributed by atoms with van der Waals surface area (Å²) in [6.45, 7) is 7.96. The van der Waals surface area contributed by atoms with Gasteiger partial charge in [-0.15, -0.1) is 4.91 Å². The number of allylic oxidation sites excluding steroid dienone is 1. The fraction of sp³-hybridized carbons (Fsp3) is 0.733. The molecule has 1 aliphatic heterocycles. The van der Waals surface area contributed by atoms with Crippen LogP contribution in [0.25, 0.3) is 0 Å². The lowest BCUT2D eigenvalue weighted by Crippen LogP contribution is -2.59. The molecule has 0 radical (unpaired) electrons. The molecule has 1 spiro atoms. The maximum Gasteiger partial charge on any atom is 0.172 e. The van der Waals surface area contributed by atoms with E-state index in [1.165, 1.54) is 5.57 Å². The molecule has 7 heteroatoms. The summed E-state index contributed by atoms with van der Waals surface area (Å²) in [4.78, 5) is 17.3. The lowest BCUT2D eigenvalue weighted by Gasteiger charge is -2.61. The van der Waals surface area contributed by atoms with Gasteiger partial charge < -0.3 is 24.2 Å². The fourth-order valence-corrected chi connectivity index (χ4v) is 9.65. The van der Waals surface area contributed by atoms with Gasteiger partial charge in [0.25, 0.3) is 0 Å². The summed E-state index contributed by atoms with van der Waals surface area (Å²) in [5.41, 5.74) is 1.05. The molecule has 5 aliphatic rings. The van der Waals surface area contributed by atoms with Crippen molar-refractivity contribution in [3.05, 3.63) is 46.4 Å². The highest BCUT2D eigenvalue weighted by Crippen LogP contribution is 2.69. The Morgan fingerprint density at radius 1 is 1.11 bits per heavy atom. The topological polar surface area (TPSA) is 86.6 Å². The molecule has 7 nitrogen and oxygen atoms in total. The largest absolute Gasteiger partial charge is 0.497 e. The Balaban J connectivity index is 1.34. The Morgan fingerprint density at radius 3 is 2.51 bits per heavy atom. The predicted octanol–water partition coefficient (Wildman–Crippen LogP) is 5.90. The molecule has 0 bridgehead atoms. The summed E-state index contributed by atoms with van der Waals surface area (Å²) < 4.78 is 17.5. The highest BCUT2D eigenvalue weighted by Gasteiger charge is 2.66. The van der Waals surface area contributed by atoms with E-state index in [4.69, 9.17) is 19.0 Å². The molecule has 6 rings (SSSR count). The van der Waals surface area contributed by atoms with E-state index in [2.05, 4.69) is 25.3 Å². The van der Waals surface area contributed by atoms with E-state index in [0.29, 0.717) is 25.0 Å². The molecule has 202 valence electrons. The zero-order valence-corrected chi connectivity index (χ0v) is 22.6. The first-order valence-corrected chi connectivity index (χ1v) is 14.0. The van der Waals surface area contributed by atoms with Gasteiger partial charge in [0, 0.05) is 18.8 Å². The van der Waals surface area contributed by atoms with E-state index in [0.717, 1.165) is 56.3 Å². The van der Waals surface area contributed by atoms with Crippen LogP contribution in [0.4, 0.5) is 0 Å². The van der Waals surface area contributed by atoms with Crippen LogP contribution in [0.1, 0.15) is 71.3 Å². The van der Waals surface area contributed by atoms with Crippen LogP contribution >= 0.6 is 0 Å². The molecule has 0 amide bonds. The SMILES string of the molecule is COc1ccc([C@](C)(O)[C@H]2CC[C@H]3[C@@H]4CC=C5CC6(CC[C@]5(C)[C@H]4[C@@H](ON=O)C[C@@]32C)OCCO6)cc1. The van der Waals surface area contributed by atoms with Crippen LogP contribution in [-0.4, -0.2) is 37.3 Å². The maximum atomic E-state index is 12.0. The van der Waals surface area contributed by atoms with Crippen LogP contribution in [-0.2, 0) is 19.9 Å². The standard InChI is InChI=1S/C30H41NO6/c1-27-13-14-30(35-15-16-36-30)17-20(27)7-10-22-23-11-12-25(28(23,2)18-24(26(22)27)37-31-33)29(3,32)19-5-8-21(34-4)9-6-19/h5-9,22-26,32H,10-18H2,1-4H3/t22-,23-,24-,25-,26+,27-,28-,29-/m0/s1. The van der Waals surface area contributed by atoms with Crippen molar-refractivity contribution in [2.45, 2.75) is 83.2 Å². The van der Waals surface area contributed by atoms with Crippen molar-refractivity contribution >= 4 is 0 Å². The summed E-state index contributed by atoms with van der Waals surface area (Å²) in [5, 5.41) is 15.0. The van der Waals surface area contributed by atoms with E-state index >= 15 is 0 Å². The lowest BCUT2D eigenvalue weighted by molar-refractivity contribution is -0.203. The third-order valence-corrected chi connectivity index (χ3v) is 11.4. The molecular weight excluding hydrogens is 470 g/mol. The molecule has 3 saturated carbocycles. The molecule has 1 N–H and O–H groups in total. The highest BCUT2D eigenvalue weighted by atomic mass is 16.7. The number of hydrogen-bond donors (Lipinski definition) is 1. The van der Waals surface area contributed by atoms with Crippen molar-refractivity contribution in [1.29, 1.82) is 0 Å². The average molecular weight is 512 g/mol. The van der Waals surface area contributed by atoms with E-state index in [1.54, 1.807) is 7.11 Å². The van der Waals surface area contributed by atoms with Crippen molar-refractivity contribution in [3.8, 4) is 5.75 Å². The molecule has 1 saturated heterocycles. The van der Waals surface area contributed by atoms with Gasteiger partial charge in [0.1, 0.15) is 11.9 Å². The minimum absolute atomic E-state index is 0.0465. The number of aliphatic hydroxyl groups is 1. The Hall–Kier alpha value is -1.96. The number of nitrogens with zero attached hydrogens (tertiary/aromatic N) is 1. The van der Waals surface area contributed by atoms with Crippen LogP contribution in [0.5, 0.6) is 5.75 Å². The summed E-state index contributed by atoms with van der Waals surface area (Å²) in [6.07, 6.45) is 8.49. The highest BCUT2D eigenvalue weighted by molar-refractivity contribution is 5.33. The molecule has 0 unspecified atom stereocenters. The normalized spacial score (nSPS) is 41.6. The molecule has 1 aromatic rings. The molecule has 37 heavy (non-hydrogen) atoms. The van der Waals surface area contributed by atoms with Crippen molar-refractivity contribution in [2.24, 2.45) is 39.8 Å². The van der Waals surface area contributed by atoms with Crippen LogP contribution < -0.4 is 4.74 Å². The molecule has 1 heterocycles. The number of rotatable bonds is 5. The fourth-order valence-electron chi connectivity index (χ4n) is 9.65. The number of hydrogen-bond acceptors (Lipinski definition) is 7. The van der Waals surface area contributed by atoms with Gasteiger partial charge in [0.15, 0.2) is 11.1 Å². The minimum Gasteiger partial charge on any atom is -0.497 e. The minimum atomic E-state index is -1.00. The third kappa shape index (κ3) is 3.71. The van der Waals surface area contributed by atoms with Crippen molar-refractivity contribution in [3.63, 3.8) is 0 Å². The number of benzene rings is 1. The van der Waals surface area contributed by atoms with Gasteiger partial charge in [-0.05, 0) is 85.3 Å². The lowest BCUT2D eigenvalue weighted by atomic mass is 9.45. The monoisotopic (exact) mass is 511 g/mol. The van der Waals surface area contributed by atoms with E-state index in [-0.39, 0.29) is 28.8 Å². The summed E-state index contributed by atoms with van der Waals surface area (Å²) >= 11 is 0. The zero-order chi connectivity index (χ0) is 26.1. The Bertz CT molecular complexity index is 1060. The zero-order valence-electron chi connectivity index (χ0n) is 22.6. The summed E-state index contributed by atoms with van der Waals surface area (Å²) in [5.74, 6) is 1.40. The Kier molecular flexibility index (Phi) is 6.01. The molecule has 8 atom stereocenters. The molecular formula is C30H41NO6. The number of methoxy groups -OCH3 is 1. The average Bonchev–Trinajstić information content (AvgIpc) is 3.49. The molecule has 4 aliphatic carbocycles. The molecule has 1 aromatic carbocycles. The first-order valence-electron chi connectivity index (χ1n) is 14.0.